The lowest BCUT2D eigenvalue weighted by Gasteiger charge is -2.14. The first kappa shape index (κ1) is 12.7. The molecule has 1 aliphatic carbocycles. The lowest BCUT2D eigenvalue weighted by Crippen LogP contribution is -2.35. The first-order valence-corrected chi connectivity index (χ1v) is 6.24. The van der Waals surface area contributed by atoms with Crippen molar-refractivity contribution in [1.82, 2.24) is 5.32 Å². The van der Waals surface area contributed by atoms with Crippen molar-refractivity contribution in [3.63, 3.8) is 0 Å². The Hall–Kier alpha value is -0.770. The van der Waals surface area contributed by atoms with Crippen molar-refractivity contribution in [3.05, 3.63) is 28.3 Å². The number of hydrogen-bond acceptors (Lipinski definition) is 3. The second-order valence-corrected chi connectivity index (χ2v) is 5.32. The van der Waals surface area contributed by atoms with Crippen LogP contribution in [0, 0.1) is 6.92 Å². The molecule has 0 bridgehead atoms. The standard InChI is InChI=1S/C13H19ClN2O/c1-9-5-11(14)6-10(12(9)17-2)7-16-8-13(15)3-4-13/h5-6,16H,3-4,7-8,15H2,1-2H3. The van der Waals surface area contributed by atoms with Gasteiger partial charge in [0.25, 0.3) is 0 Å². The third-order valence-corrected chi connectivity index (χ3v) is 3.42. The summed E-state index contributed by atoms with van der Waals surface area (Å²) >= 11 is 6.05. The molecule has 0 amide bonds. The van der Waals surface area contributed by atoms with E-state index in [0.29, 0.717) is 0 Å². The first-order chi connectivity index (χ1) is 8.04. The van der Waals surface area contributed by atoms with Crippen LogP contribution in [-0.2, 0) is 6.54 Å². The van der Waals surface area contributed by atoms with Crippen LogP contribution < -0.4 is 15.8 Å². The fourth-order valence-corrected chi connectivity index (χ4v) is 2.30. The summed E-state index contributed by atoms with van der Waals surface area (Å²) in [4.78, 5) is 0. The highest BCUT2D eigenvalue weighted by atomic mass is 35.5. The summed E-state index contributed by atoms with van der Waals surface area (Å²) in [5, 5.41) is 4.11. The average Bonchev–Trinajstić information content (AvgIpc) is 2.96. The van der Waals surface area contributed by atoms with E-state index in [1.165, 1.54) is 0 Å². The van der Waals surface area contributed by atoms with E-state index >= 15 is 0 Å². The van der Waals surface area contributed by atoms with Crippen molar-refractivity contribution < 1.29 is 4.74 Å². The predicted molar refractivity (Wildman–Crippen MR) is 70.6 cm³/mol. The summed E-state index contributed by atoms with van der Waals surface area (Å²) in [6.45, 7) is 3.59. The molecule has 4 heteroatoms. The molecule has 0 spiro atoms. The van der Waals surface area contributed by atoms with Crippen LogP contribution in [0.5, 0.6) is 5.75 Å². The van der Waals surface area contributed by atoms with Crippen molar-refractivity contribution in [3.8, 4) is 5.75 Å². The molecule has 1 fully saturated rings. The van der Waals surface area contributed by atoms with Crippen LogP contribution in [0.15, 0.2) is 12.1 Å². The van der Waals surface area contributed by atoms with Gasteiger partial charge in [-0.05, 0) is 37.5 Å². The minimum absolute atomic E-state index is 0.0286. The van der Waals surface area contributed by atoms with Gasteiger partial charge >= 0.3 is 0 Å². The first-order valence-electron chi connectivity index (χ1n) is 5.87. The van der Waals surface area contributed by atoms with E-state index < -0.39 is 0 Å². The van der Waals surface area contributed by atoms with Crippen LogP contribution in [0.1, 0.15) is 24.0 Å². The Morgan fingerprint density at radius 1 is 1.47 bits per heavy atom. The van der Waals surface area contributed by atoms with E-state index in [4.69, 9.17) is 22.1 Å². The highest BCUT2D eigenvalue weighted by Gasteiger charge is 2.37. The molecule has 1 saturated carbocycles. The maximum absolute atomic E-state index is 6.05. The SMILES string of the molecule is COc1c(C)cc(Cl)cc1CNCC1(N)CC1. The number of methoxy groups -OCH3 is 1. The molecule has 1 aromatic carbocycles. The predicted octanol–water partition coefficient (Wildman–Crippen LogP) is 2.24. The van der Waals surface area contributed by atoms with Gasteiger partial charge in [0, 0.05) is 29.2 Å². The van der Waals surface area contributed by atoms with E-state index in [0.717, 1.165) is 47.8 Å². The highest BCUT2D eigenvalue weighted by Crippen LogP contribution is 2.32. The molecule has 3 N–H and O–H groups in total. The van der Waals surface area contributed by atoms with Crippen molar-refractivity contribution >= 4 is 11.6 Å². The van der Waals surface area contributed by atoms with Gasteiger partial charge < -0.3 is 15.8 Å². The summed E-state index contributed by atoms with van der Waals surface area (Å²) in [7, 11) is 1.69. The third-order valence-electron chi connectivity index (χ3n) is 3.21. The number of hydrogen-bond donors (Lipinski definition) is 2. The van der Waals surface area contributed by atoms with E-state index in [2.05, 4.69) is 5.32 Å². The van der Waals surface area contributed by atoms with Crippen LogP contribution >= 0.6 is 11.6 Å². The van der Waals surface area contributed by atoms with Gasteiger partial charge in [-0.2, -0.15) is 0 Å². The van der Waals surface area contributed by atoms with Crippen molar-refractivity contribution in [2.75, 3.05) is 13.7 Å². The molecule has 0 radical (unpaired) electrons. The van der Waals surface area contributed by atoms with Crippen LogP contribution in [0.3, 0.4) is 0 Å². The Balaban J connectivity index is 2.03. The molecule has 0 aliphatic heterocycles. The van der Waals surface area contributed by atoms with E-state index in [9.17, 15) is 0 Å². The Kier molecular flexibility index (Phi) is 3.61. The van der Waals surface area contributed by atoms with E-state index in [1.54, 1.807) is 7.11 Å². The second kappa shape index (κ2) is 4.84. The molecule has 2 rings (SSSR count). The average molecular weight is 255 g/mol. The molecule has 0 saturated heterocycles. The molecular weight excluding hydrogens is 236 g/mol. The topological polar surface area (TPSA) is 47.3 Å². The maximum atomic E-state index is 6.05. The molecule has 0 atom stereocenters. The van der Waals surface area contributed by atoms with Gasteiger partial charge in [-0.15, -0.1) is 0 Å². The van der Waals surface area contributed by atoms with Gasteiger partial charge in [-0.3, -0.25) is 0 Å². The van der Waals surface area contributed by atoms with Crippen molar-refractivity contribution in [1.29, 1.82) is 0 Å². The number of halogens is 1. The summed E-state index contributed by atoms with van der Waals surface area (Å²) in [6.07, 6.45) is 2.23. The molecule has 1 aromatic rings. The Labute approximate surface area is 107 Å². The number of nitrogens with two attached hydrogens (primary N) is 1. The summed E-state index contributed by atoms with van der Waals surface area (Å²) in [5.74, 6) is 0.906. The summed E-state index contributed by atoms with van der Waals surface area (Å²) in [5.41, 5.74) is 8.20. The fourth-order valence-electron chi connectivity index (χ4n) is 2.01. The number of aryl methyl sites for hydroxylation is 1. The lowest BCUT2D eigenvalue weighted by atomic mass is 10.1. The van der Waals surface area contributed by atoms with Gasteiger partial charge in [0.2, 0.25) is 0 Å². The zero-order chi connectivity index (χ0) is 12.5. The molecular formula is C13H19ClN2O. The van der Waals surface area contributed by atoms with Crippen molar-refractivity contribution in [2.24, 2.45) is 5.73 Å². The van der Waals surface area contributed by atoms with Gasteiger partial charge in [0.1, 0.15) is 5.75 Å². The van der Waals surface area contributed by atoms with Crippen LogP contribution in [0.25, 0.3) is 0 Å². The molecule has 0 aromatic heterocycles. The largest absolute Gasteiger partial charge is 0.496 e. The quantitative estimate of drug-likeness (QED) is 0.847. The second-order valence-electron chi connectivity index (χ2n) is 4.88. The molecule has 94 valence electrons. The zero-order valence-corrected chi connectivity index (χ0v) is 11.1. The van der Waals surface area contributed by atoms with E-state index in [1.807, 2.05) is 19.1 Å². The molecule has 0 heterocycles. The van der Waals surface area contributed by atoms with Crippen LogP contribution in [0.4, 0.5) is 0 Å². The van der Waals surface area contributed by atoms with Crippen LogP contribution in [0.2, 0.25) is 5.02 Å². The molecule has 3 nitrogen and oxygen atoms in total. The molecule has 1 aliphatic rings. The zero-order valence-electron chi connectivity index (χ0n) is 10.3. The van der Waals surface area contributed by atoms with E-state index in [-0.39, 0.29) is 5.54 Å². The van der Waals surface area contributed by atoms with Crippen LogP contribution in [-0.4, -0.2) is 19.2 Å². The fraction of sp³-hybridized carbons (Fsp3) is 0.538. The number of rotatable bonds is 5. The Bertz CT molecular complexity index is 416. The number of benzene rings is 1. The normalized spacial score (nSPS) is 16.9. The monoisotopic (exact) mass is 254 g/mol. The Morgan fingerprint density at radius 2 is 2.18 bits per heavy atom. The molecule has 0 unspecified atom stereocenters. The van der Waals surface area contributed by atoms with Gasteiger partial charge in [0.15, 0.2) is 0 Å². The smallest absolute Gasteiger partial charge is 0.126 e. The third kappa shape index (κ3) is 3.12. The number of nitrogens with one attached hydrogen (secondary N) is 1. The summed E-state index contributed by atoms with van der Waals surface area (Å²) in [6, 6.07) is 3.85. The maximum Gasteiger partial charge on any atom is 0.126 e. The van der Waals surface area contributed by atoms with Gasteiger partial charge in [-0.25, -0.2) is 0 Å². The Morgan fingerprint density at radius 3 is 2.76 bits per heavy atom. The number of ether oxygens (including phenoxy) is 1. The van der Waals surface area contributed by atoms with Gasteiger partial charge in [0.05, 0.1) is 7.11 Å². The highest BCUT2D eigenvalue weighted by molar-refractivity contribution is 6.30. The minimum atomic E-state index is 0.0286. The van der Waals surface area contributed by atoms with Crippen molar-refractivity contribution in [2.45, 2.75) is 31.8 Å². The summed E-state index contributed by atoms with van der Waals surface area (Å²) < 4.78 is 5.40. The lowest BCUT2D eigenvalue weighted by molar-refractivity contribution is 0.404. The van der Waals surface area contributed by atoms with Gasteiger partial charge in [-0.1, -0.05) is 11.6 Å². The minimum Gasteiger partial charge on any atom is -0.496 e. The molecule has 17 heavy (non-hydrogen) atoms.